The van der Waals surface area contributed by atoms with Crippen LogP contribution in [0, 0.1) is 5.82 Å². The summed E-state index contributed by atoms with van der Waals surface area (Å²) in [5.74, 6) is 0.320. The SMILES string of the molecule is Cl.NCC1CCCc2cc(F)ccc21. The predicted octanol–water partition coefficient (Wildman–Crippen LogP) is 2.63. The summed E-state index contributed by atoms with van der Waals surface area (Å²) in [4.78, 5) is 0. The summed E-state index contributed by atoms with van der Waals surface area (Å²) in [7, 11) is 0. The summed E-state index contributed by atoms with van der Waals surface area (Å²) < 4.78 is 12.9. The molecule has 0 aromatic heterocycles. The van der Waals surface area contributed by atoms with Crippen LogP contribution in [0.2, 0.25) is 0 Å². The lowest BCUT2D eigenvalue weighted by Crippen LogP contribution is -2.18. The van der Waals surface area contributed by atoms with Crippen molar-refractivity contribution in [3.63, 3.8) is 0 Å². The van der Waals surface area contributed by atoms with E-state index in [9.17, 15) is 4.39 Å². The number of nitrogens with two attached hydrogens (primary N) is 1. The standard InChI is InChI=1S/C11H14FN.ClH/c12-10-4-5-11-8(6-10)2-1-3-9(11)7-13;/h4-6,9H,1-3,7,13H2;1H. The highest BCUT2D eigenvalue weighted by molar-refractivity contribution is 5.85. The van der Waals surface area contributed by atoms with Crippen LogP contribution in [0.15, 0.2) is 18.2 Å². The minimum atomic E-state index is -0.128. The molecule has 78 valence electrons. The number of hydrogen-bond donors (Lipinski definition) is 1. The second-order valence-electron chi connectivity index (χ2n) is 3.67. The second kappa shape index (κ2) is 4.76. The molecular weight excluding hydrogens is 201 g/mol. The topological polar surface area (TPSA) is 26.0 Å². The lowest BCUT2D eigenvalue weighted by atomic mass is 9.83. The zero-order chi connectivity index (χ0) is 9.26. The van der Waals surface area contributed by atoms with Gasteiger partial charge in [0, 0.05) is 0 Å². The molecule has 0 fully saturated rings. The van der Waals surface area contributed by atoms with E-state index in [-0.39, 0.29) is 18.2 Å². The number of hydrogen-bond acceptors (Lipinski definition) is 1. The van der Waals surface area contributed by atoms with Gasteiger partial charge in [-0.1, -0.05) is 6.07 Å². The molecular formula is C11H15ClFN. The van der Waals surface area contributed by atoms with E-state index in [1.807, 2.05) is 6.07 Å². The van der Waals surface area contributed by atoms with Crippen molar-refractivity contribution < 1.29 is 4.39 Å². The number of aryl methyl sites for hydroxylation is 1. The highest BCUT2D eigenvalue weighted by atomic mass is 35.5. The van der Waals surface area contributed by atoms with E-state index in [1.165, 1.54) is 11.6 Å². The minimum absolute atomic E-state index is 0. The molecule has 1 nitrogen and oxygen atoms in total. The summed E-state index contributed by atoms with van der Waals surface area (Å²) in [6.07, 6.45) is 3.29. The summed E-state index contributed by atoms with van der Waals surface area (Å²) in [5.41, 5.74) is 8.08. The summed E-state index contributed by atoms with van der Waals surface area (Å²) >= 11 is 0. The third-order valence-electron chi connectivity index (χ3n) is 2.83. The van der Waals surface area contributed by atoms with E-state index in [4.69, 9.17) is 5.73 Å². The van der Waals surface area contributed by atoms with E-state index in [1.54, 1.807) is 6.07 Å². The molecule has 0 saturated carbocycles. The molecule has 0 amide bonds. The lowest BCUT2D eigenvalue weighted by molar-refractivity contribution is 0.552. The first kappa shape index (κ1) is 11.5. The Morgan fingerprint density at radius 2 is 2.21 bits per heavy atom. The van der Waals surface area contributed by atoms with Crippen LogP contribution in [0.1, 0.15) is 29.9 Å². The smallest absolute Gasteiger partial charge is 0.123 e. The molecule has 1 aromatic rings. The molecule has 14 heavy (non-hydrogen) atoms. The van der Waals surface area contributed by atoms with Gasteiger partial charge < -0.3 is 5.73 Å². The van der Waals surface area contributed by atoms with Gasteiger partial charge in [-0.15, -0.1) is 12.4 Å². The largest absolute Gasteiger partial charge is 0.330 e. The molecule has 0 spiro atoms. The van der Waals surface area contributed by atoms with E-state index < -0.39 is 0 Å². The Morgan fingerprint density at radius 3 is 2.93 bits per heavy atom. The van der Waals surface area contributed by atoms with Gasteiger partial charge in [-0.2, -0.15) is 0 Å². The maximum atomic E-state index is 12.9. The Morgan fingerprint density at radius 1 is 1.43 bits per heavy atom. The molecule has 1 aromatic carbocycles. The molecule has 1 atom stereocenters. The average molecular weight is 216 g/mol. The van der Waals surface area contributed by atoms with Crippen molar-refractivity contribution in [1.29, 1.82) is 0 Å². The van der Waals surface area contributed by atoms with Gasteiger partial charge in [0.15, 0.2) is 0 Å². The molecule has 0 aliphatic heterocycles. The fraction of sp³-hybridized carbons (Fsp3) is 0.455. The second-order valence-corrected chi connectivity index (χ2v) is 3.67. The van der Waals surface area contributed by atoms with E-state index in [0.717, 1.165) is 24.8 Å². The van der Waals surface area contributed by atoms with Gasteiger partial charge in [0.2, 0.25) is 0 Å². The summed E-state index contributed by atoms with van der Waals surface area (Å²) in [6, 6.07) is 5.07. The summed E-state index contributed by atoms with van der Waals surface area (Å²) in [6.45, 7) is 0.679. The lowest BCUT2D eigenvalue weighted by Gasteiger charge is -2.24. The van der Waals surface area contributed by atoms with Gasteiger partial charge in [-0.3, -0.25) is 0 Å². The Balaban J connectivity index is 0.000000980. The van der Waals surface area contributed by atoms with Crippen molar-refractivity contribution in [2.45, 2.75) is 25.2 Å². The van der Waals surface area contributed by atoms with Gasteiger partial charge in [-0.25, -0.2) is 4.39 Å². The predicted molar refractivity (Wildman–Crippen MR) is 58.4 cm³/mol. The first-order valence-corrected chi connectivity index (χ1v) is 4.79. The monoisotopic (exact) mass is 215 g/mol. The zero-order valence-corrected chi connectivity index (χ0v) is 8.82. The van der Waals surface area contributed by atoms with Gasteiger partial charge in [-0.05, 0) is 55.0 Å². The van der Waals surface area contributed by atoms with Crippen molar-refractivity contribution in [2.24, 2.45) is 5.73 Å². The van der Waals surface area contributed by atoms with Crippen LogP contribution < -0.4 is 5.73 Å². The Kier molecular flexibility index (Phi) is 3.90. The van der Waals surface area contributed by atoms with Gasteiger partial charge in [0.25, 0.3) is 0 Å². The molecule has 0 radical (unpaired) electrons. The minimum Gasteiger partial charge on any atom is -0.330 e. The molecule has 0 saturated heterocycles. The number of halogens is 2. The normalized spacial score (nSPS) is 19.7. The highest BCUT2D eigenvalue weighted by Gasteiger charge is 2.18. The molecule has 2 N–H and O–H groups in total. The molecule has 1 aliphatic rings. The van der Waals surface area contributed by atoms with E-state index in [2.05, 4.69) is 0 Å². The first-order chi connectivity index (χ1) is 6.31. The van der Waals surface area contributed by atoms with Crippen LogP contribution in [-0.2, 0) is 6.42 Å². The van der Waals surface area contributed by atoms with Crippen molar-refractivity contribution >= 4 is 12.4 Å². The molecule has 3 heteroatoms. The maximum absolute atomic E-state index is 12.9. The number of benzene rings is 1. The Bertz CT molecular complexity index is 314. The van der Waals surface area contributed by atoms with Crippen LogP contribution in [0.5, 0.6) is 0 Å². The van der Waals surface area contributed by atoms with E-state index in [0.29, 0.717) is 12.5 Å². The molecule has 1 aliphatic carbocycles. The van der Waals surface area contributed by atoms with Crippen LogP contribution >= 0.6 is 12.4 Å². The third-order valence-corrected chi connectivity index (χ3v) is 2.83. The van der Waals surface area contributed by atoms with Crippen LogP contribution in [-0.4, -0.2) is 6.54 Å². The Labute approximate surface area is 89.9 Å². The molecule has 0 bridgehead atoms. The third kappa shape index (κ3) is 2.07. The molecule has 0 heterocycles. The van der Waals surface area contributed by atoms with Gasteiger partial charge in [0.05, 0.1) is 0 Å². The fourth-order valence-electron chi connectivity index (χ4n) is 2.13. The maximum Gasteiger partial charge on any atom is 0.123 e. The Hall–Kier alpha value is -0.600. The quantitative estimate of drug-likeness (QED) is 0.766. The van der Waals surface area contributed by atoms with Crippen molar-refractivity contribution in [3.8, 4) is 0 Å². The zero-order valence-electron chi connectivity index (χ0n) is 8.00. The van der Waals surface area contributed by atoms with Crippen LogP contribution in [0.4, 0.5) is 4.39 Å². The van der Waals surface area contributed by atoms with Crippen LogP contribution in [0.25, 0.3) is 0 Å². The molecule has 1 unspecified atom stereocenters. The average Bonchev–Trinajstić information content (AvgIpc) is 2.16. The number of fused-ring (bicyclic) bond motifs is 1. The van der Waals surface area contributed by atoms with Crippen molar-refractivity contribution in [3.05, 3.63) is 35.1 Å². The highest BCUT2D eigenvalue weighted by Crippen LogP contribution is 2.30. The van der Waals surface area contributed by atoms with Crippen LogP contribution in [0.3, 0.4) is 0 Å². The van der Waals surface area contributed by atoms with Gasteiger partial charge >= 0.3 is 0 Å². The van der Waals surface area contributed by atoms with E-state index >= 15 is 0 Å². The summed E-state index contributed by atoms with van der Waals surface area (Å²) in [5, 5.41) is 0. The van der Waals surface area contributed by atoms with Gasteiger partial charge in [0.1, 0.15) is 5.82 Å². The molecule has 2 rings (SSSR count). The number of rotatable bonds is 1. The first-order valence-electron chi connectivity index (χ1n) is 4.79. The van der Waals surface area contributed by atoms with Crippen molar-refractivity contribution in [2.75, 3.05) is 6.54 Å². The fourth-order valence-corrected chi connectivity index (χ4v) is 2.13. The van der Waals surface area contributed by atoms with Crippen molar-refractivity contribution in [1.82, 2.24) is 0 Å².